The van der Waals surface area contributed by atoms with Crippen LogP contribution in [0.2, 0.25) is 10.0 Å². The van der Waals surface area contributed by atoms with Crippen LogP contribution in [0.1, 0.15) is 48.9 Å². The van der Waals surface area contributed by atoms with Gasteiger partial charge in [0.05, 0.1) is 26.8 Å². The highest BCUT2D eigenvalue weighted by molar-refractivity contribution is 6.36. The summed E-state index contributed by atoms with van der Waals surface area (Å²) in [6, 6.07) is 8.80. The third kappa shape index (κ3) is 5.02. The lowest BCUT2D eigenvalue weighted by atomic mass is 9.90. The second kappa shape index (κ2) is 9.55. The van der Waals surface area contributed by atoms with Crippen LogP contribution in [-0.4, -0.2) is 39.2 Å². The number of hydrogen-bond acceptors (Lipinski definition) is 5. The zero-order valence-corrected chi connectivity index (χ0v) is 20.4. The predicted octanol–water partition coefficient (Wildman–Crippen LogP) is 6.50. The lowest BCUT2D eigenvalue weighted by Crippen LogP contribution is -2.39. The van der Waals surface area contributed by atoms with Gasteiger partial charge in [0, 0.05) is 41.2 Å². The molecule has 1 heterocycles. The number of nitrogens with one attached hydrogen (secondary N) is 2. The van der Waals surface area contributed by atoms with Crippen molar-refractivity contribution in [3.63, 3.8) is 0 Å². The Kier molecular flexibility index (Phi) is 6.47. The molecule has 3 aromatic rings. The van der Waals surface area contributed by atoms with Crippen molar-refractivity contribution in [2.75, 3.05) is 5.32 Å². The van der Waals surface area contributed by atoms with Crippen LogP contribution in [0.3, 0.4) is 0 Å². The van der Waals surface area contributed by atoms with Crippen molar-refractivity contribution in [2.24, 2.45) is 5.92 Å². The maximum atomic E-state index is 13.2. The highest BCUT2D eigenvalue weighted by Crippen LogP contribution is 2.40. The van der Waals surface area contributed by atoms with Crippen molar-refractivity contribution >= 4 is 51.7 Å². The molecule has 0 spiro atoms. The first-order chi connectivity index (χ1) is 16.8. The van der Waals surface area contributed by atoms with E-state index in [2.05, 4.69) is 15.6 Å². The number of nitrogens with zero attached hydrogens (tertiary/aromatic N) is 1. The standard InChI is InChI=1S/C26H25Cl2N3O4/c27-20-11-23(32)21(28)10-17(20)14-3-8-22-18(9-14)24(19(12-29-22)25(33)13-1-2-13)30-15-4-6-16(7-5-15)31-26(34)35/h3,8-13,15-16,31-32H,1-2,4-7H2,(H,29,30)(H,34,35)/t15-,16-. The Hall–Kier alpha value is -3.03. The molecular formula is C26H25Cl2N3O4. The Bertz CT molecular complexity index is 1320. The molecule has 9 heteroatoms. The minimum absolute atomic E-state index is 0.0406. The molecule has 1 aromatic heterocycles. The van der Waals surface area contributed by atoms with Gasteiger partial charge in [-0.05, 0) is 62.3 Å². The van der Waals surface area contributed by atoms with Crippen LogP contribution in [-0.2, 0) is 0 Å². The lowest BCUT2D eigenvalue weighted by Gasteiger charge is -2.30. The van der Waals surface area contributed by atoms with Crippen LogP contribution < -0.4 is 10.6 Å². The molecule has 0 radical (unpaired) electrons. The van der Waals surface area contributed by atoms with E-state index in [1.807, 2.05) is 18.2 Å². The molecule has 2 fully saturated rings. The van der Waals surface area contributed by atoms with E-state index >= 15 is 0 Å². The van der Waals surface area contributed by atoms with E-state index in [4.69, 9.17) is 28.3 Å². The molecule has 2 aromatic carbocycles. The SMILES string of the molecule is O=C(O)N[C@H]1CC[C@H](Nc2c(C(=O)C3CC3)cnc3ccc(-c4cc(Cl)c(O)cc4Cl)cc23)CC1. The zero-order valence-electron chi connectivity index (χ0n) is 18.9. The van der Waals surface area contributed by atoms with E-state index in [0.29, 0.717) is 16.1 Å². The molecule has 2 saturated carbocycles. The van der Waals surface area contributed by atoms with Crippen LogP contribution in [0.25, 0.3) is 22.0 Å². The van der Waals surface area contributed by atoms with Gasteiger partial charge in [-0.2, -0.15) is 0 Å². The number of anilines is 1. The van der Waals surface area contributed by atoms with Crippen LogP contribution in [0.4, 0.5) is 10.5 Å². The number of pyridine rings is 1. The largest absolute Gasteiger partial charge is 0.506 e. The van der Waals surface area contributed by atoms with Gasteiger partial charge in [0.1, 0.15) is 5.75 Å². The smallest absolute Gasteiger partial charge is 0.404 e. The van der Waals surface area contributed by atoms with Crippen molar-refractivity contribution in [2.45, 2.75) is 50.6 Å². The summed E-state index contributed by atoms with van der Waals surface area (Å²) < 4.78 is 0. The number of phenolic OH excluding ortho intramolecular Hbond substituents is 1. The molecule has 182 valence electrons. The summed E-state index contributed by atoms with van der Waals surface area (Å²) in [5, 5.41) is 26.4. The molecule has 0 atom stereocenters. The predicted molar refractivity (Wildman–Crippen MR) is 137 cm³/mol. The maximum absolute atomic E-state index is 13.2. The fourth-order valence-electron chi connectivity index (χ4n) is 4.79. The fourth-order valence-corrected chi connectivity index (χ4v) is 5.22. The Morgan fingerprint density at radius 1 is 0.943 bits per heavy atom. The van der Waals surface area contributed by atoms with Gasteiger partial charge in [0.25, 0.3) is 0 Å². The average molecular weight is 514 g/mol. The number of aromatic nitrogens is 1. The molecule has 0 bridgehead atoms. The number of rotatable bonds is 6. The first-order valence-electron chi connectivity index (χ1n) is 11.7. The van der Waals surface area contributed by atoms with Gasteiger partial charge in [0.2, 0.25) is 0 Å². The van der Waals surface area contributed by atoms with Gasteiger partial charge in [-0.3, -0.25) is 9.78 Å². The quantitative estimate of drug-likeness (QED) is 0.280. The lowest BCUT2D eigenvalue weighted by molar-refractivity contribution is 0.0968. The van der Waals surface area contributed by atoms with E-state index in [-0.39, 0.29) is 34.6 Å². The Morgan fingerprint density at radius 2 is 1.66 bits per heavy atom. The Balaban J connectivity index is 1.54. The van der Waals surface area contributed by atoms with Crippen molar-refractivity contribution in [1.29, 1.82) is 0 Å². The molecule has 5 rings (SSSR count). The third-order valence-electron chi connectivity index (χ3n) is 6.83. The summed E-state index contributed by atoms with van der Waals surface area (Å²) in [6.07, 6.45) is 5.47. The first-order valence-corrected chi connectivity index (χ1v) is 12.5. The molecule has 0 saturated heterocycles. The van der Waals surface area contributed by atoms with E-state index in [0.717, 1.165) is 60.7 Å². The molecule has 0 unspecified atom stereocenters. The number of halogens is 2. The van der Waals surface area contributed by atoms with Crippen molar-refractivity contribution < 1.29 is 19.8 Å². The van der Waals surface area contributed by atoms with Gasteiger partial charge in [0.15, 0.2) is 5.78 Å². The summed E-state index contributed by atoms with van der Waals surface area (Å²) in [5.74, 6) is 0.0496. The van der Waals surface area contributed by atoms with Gasteiger partial charge in [-0.15, -0.1) is 0 Å². The van der Waals surface area contributed by atoms with Gasteiger partial charge >= 0.3 is 6.09 Å². The normalized spacial score (nSPS) is 19.9. The van der Waals surface area contributed by atoms with Crippen molar-refractivity contribution in [3.8, 4) is 16.9 Å². The van der Waals surface area contributed by atoms with E-state index in [9.17, 15) is 14.7 Å². The van der Waals surface area contributed by atoms with E-state index < -0.39 is 6.09 Å². The second-order valence-corrected chi connectivity index (χ2v) is 10.2. The highest BCUT2D eigenvalue weighted by atomic mass is 35.5. The molecule has 2 aliphatic carbocycles. The Labute approximate surface area is 212 Å². The number of benzene rings is 2. The van der Waals surface area contributed by atoms with Gasteiger partial charge in [-0.25, -0.2) is 4.79 Å². The maximum Gasteiger partial charge on any atom is 0.404 e. The summed E-state index contributed by atoms with van der Waals surface area (Å²) in [4.78, 5) is 28.7. The topological polar surface area (TPSA) is 112 Å². The number of aromatic hydroxyl groups is 1. The van der Waals surface area contributed by atoms with Gasteiger partial charge in [-0.1, -0.05) is 29.3 Å². The number of carbonyl (C=O) groups is 2. The van der Waals surface area contributed by atoms with E-state index in [1.54, 1.807) is 12.3 Å². The number of fused-ring (bicyclic) bond motifs is 1. The number of Topliss-reactive ketones (excluding diaryl/α,β-unsaturated/α-hetero) is 1. The molecule has 35 heavy (non-hydrogen) atoms. The molecule has 4 N–H and O–H groups in total. The highest BCUT2D eigenvalue weighted by Gasteiger charge is 2.33. The van der Waals surface area contributed by atoms with Crippen LogP contribution >= 0.6 is 23.2 Å². The van der Waals surface area contributed by atoms with Gasteiger partial charge < -0.3 is 20.8 Å². The van der Waals surface area contributed by atoms with Crippen molar-refractivity contribution in [3.05, 3.63) is 52.1 Å². The summed E-state index contributed by atoms with van der Waals surface area (Å²) in [6.45, 7) is 0. The Morgan fingerprint density at radius 3 is 2.34 bits per heavy atom. The van der Waals surface area contributed by atoms with E-state index in [1.165, 1.54) is 6.07 Å². The number of amides is 1. The first kappa shape index (κ1) is 23.7. The minimum atomic E-state index is -1.00. The second-order valence-electron chi connectivity index (χ2n) is 9.34. The monoisotopic (exact) mass is 513 g/mol. The molecule has 7 nitrogen and oxygen atoms in total. The van der Waals surface area contributed by atoms with Crippen LogP contribution in [0, 0.1) is 5.92 Å². The summed E-state index contributed by atoms with van der Waals surface area (Å²) in [7, 11) is 0. The number of carboxylic acid groups (broad SMARTS) is 1. The number of phenols is 1. The number of hydrogen-bond donors (Lipinski definition) is 4. The average Bonchev–Trinajstić information content (AvgIpc) is 3.67. The van der Waals surface area contributed by atoms with Crippen LogP contribution in [0.15, 0.2) is 36.5 Å². The number of carbonyl (C=O) groups excluding carboxylic acids is 1. The summed E-state index contributed by atoms with van der Waals surface area (Å²) in [5.41, 5.74) is 3.54. The summed E-state index contributed by atoms with van der Waals surface area (Å²) >= 11 is 12.6. The fraction of sp³-hybridized carbons (Fsp3) is 0.346. The minimum Gasteiger partial charge on any atom is -0.506 e. The molecular weight excluding hydrogens is 489 g/mol. The van der Waals surface area contributed by atoms with Crippen LogP contribution in [0.5, 0.6) is 5.75 Å². The molecule has 0 aliphatic heterocycles. The molecule has 2 aliphatic rings. The zero-order chi connectivity index (χ0) is 24.7. The molecule has 1 amide bonds. The third-order valence-corrected chi connectivity index (χ3v) is 7.45. The number of ketones is 1. The van der Waals surface area contributed by atoms with Crippen molar-refractivity contribution in [1.82, 2.24) is 10.3 Å².